The van der Waals surface area contributed by atoms with Gasteiger partial charge in [0, 0.05) is 5.38 Å². The summed E-state index contributed by atoms with van der Waals surface area (Å²) in [6.07, 6.45) is 4.55. The minimum absolute atomic E-state index is 0.122. The zero-order valence-electron chi connectivity index (χ0n) is 8.97. The first-order valence-corrected chi connectivity index (χ1v) is 5.99. The molecule has 2 heteroatoms. The van der Waals surface area contributed by atoms with Crippen molar-refractivity contribution in [3.63, 3.8) is 0 Å². The van der Waals surface area contributed by atoms with Crippen LogP contribution in [-0.4, -0.2) is 5.38 Å². The van der Waals surface area contributed by atoms with Gasteiger partial charge in [-0.25, -0.2) is 4.39 Å². The molecule has 1 atom stereocenters. The second-order valence-corrected chi connectivity index (χ2v) is 5.04. The Bertz CT molecular complexity index is 344. The highest BCUT2D eigenvalue weighted by Crippen LogP contribution is 2.37. The molecular formula is C13H16ClF. The van der Waals surface area contributed by atoms with E-state index in [1.807, 2.05) is 12.1 Å². The molecule has 0 nitrogen and oxygen atoms in total. The predicted molar refractivity (Wildman–Crippen MR) is 61.8 cm³/mol. The van der Waals surface area contributed by atoms with Crippen LogP contribution in [-0.2, 0) is 6.42 Å². The molecule has 0 bridgehead atoms. The van der Waals surface area contributed by atoms with E-state index in [-0.39, 0.29) is 5.82 Å². The number of aryl methyl sites for hydroxylation is 2. The molecule has 15 heavy (non-hydrogen) atoms. The molecule has 1 aromatic rings. The van der Waals surface area contributed by atoms with Gasteiger partial charge in [-0.3, -0.25) is 0 Å². The van der Waals surface area contributed by atoms with E-state index < -0.39 is 0 Å². The van der Waals surface area contributed by atoms with Crippen molar-refractivity contribution in [3.05, 3.63) is 35.1 Å². The van der Waals surface area contributed by atoms with Crippen molar-refractivity contribution < 1.29 is 4.39 Å². The van der Waals surface area contributed by atoms with E-state index in [0.717, 1.165) is 24.3 Å². The van der Waals surface area contributed by atoms with Crippen LogP contribution >= 0.6 is 11.6 Å². The first-order valence-electron chi connectivity index (χ1n) is 5.56. The third-order valence-corrected chi connectivity index (χ3v) is 3.64. The number of alkyl halides is 1. The summed E-state index contributed by atoms with van der Waals surface area (Å²) in [5, 5.41) is 0.315. The van der Waals surface area contributed by atoms with Gasteiger partial charge >= 0.3 is 0 Å². The summed E-state index contributed by atoms with van der Waals surface area (Å²) in [7, 11) is 0. The van der Waals surface area contributed by atoms with E-state index in [2.05, 4.69) is 0 Å². The number of hydrogen-bond acceptors (Lipinski definition) is 0. The topological polar surface area (TPSA) is 0 Å². The van der Waals surface area contributed by atoms with Crippen LogP contribution < -0.4 is 0 Å². The molecule has 2 rings (SSSR count). The first-order chi connectivity index (χ1) is 7.16. The van der Waals surface area contributed by atoms with Crippen LogP contribution in [0, 0.1) is 18.7 Å². The van der Waals surface area contributed by atoms with Crippen LogP contribution in [0.25, 0.3) is 0 Å². The van der Waals surface area contributed by atoms with Crippen LogP contribution in [0.5, 0.6) is 0 Å². The lowest BCUT2D eigenvalue weighted by Crippen LogP contribution is -2.03. The van der Waals surface area contributed by atoms with Gasteiger partial charge in [0.1, 0.15) is 5.82 Å². The Balaban J connectivity index is 1.89. The summed E-state index contributed by atoms with van der Waals surface area (Å²) >= 11 is 6.23. The number of hydrogen-bond donors (Lipinski definition) is 0. The molecule has 0 aromatic heterocycles. The van der Waals surface area contributed by atoms with Crippen molar-refractivity contribution in [2.45, 2.75) is 38.0 Å². The summed E-state index contributed by atoms with van der Waals surface area (Å²) in [5.41, 5.74) is 1.92. The summed E-state index contributed by atoms with van der Waals surface area (Å²) in [5.74, 6) is 0.622. The smallest absolute Gasteiger partial charge is 0.126 e. The maximum Gasteiger partial charge on any atom is 0.126 e. The largest absolute Gasteiger partial charge is 0.207 e. The predicted octanol–water partition coefficient (Wildman–Crippen LogP) is 4.08. The lowest BCUT2D eigenvalue weighted by molar-refractivity contribution is 0.616. The quantitative estimate of drug-likeness (QED) is 0.679. The van der Waals surface area contributed by atoms with Crippen molar-refractivity contribution in [2.75, 3.05) is 0 Å². The second kappa shape index (κ2) is 4.52. The van der Waals surface area contributed by atoms with Crippen LogP contribution in [0.2, 0.25) is 0 Å². The Morgan fingerprint density at radius 2 is 2.20 bits per heavy atom. The number of benzene rings is 1. The molecule has 82 valence electrons. The lowest BCUT2D eigenvalue weighted by Gasteiger charge is -2.08. The van der Waals surface area contributed by atoms with Crippen molar-refractivity contribution in [1.29, 1.82) is 0 Å². The molecule has 0 radical (unpaired) electrons. The summed E-state index contributed by atoms with van der Waals surface area (Å²) in [4.78, 5) is 0. The van der Waals surface area contributed by atoms with Crippen LogP contribution in [0.1, 0.15) is 30.4 Å². The molecule has 0 heterocycles. The zero-order chi connectivity index (χ0) is 10.8. The fourth-order valence-corrected chi connectivity index (χ4v) is 2.22. The molecule has 1 aromatic carbocycles. The minimum atomic E-state index is -0.122. The van der Waals surface area contributed by atoms with Gasteiger partial charge in [0.2, 0.25) is 0 Å². The fraction of sp³-hybridized carbons (Fsp3) is 0.538. The molecule has 0 saturated heterocycles. The van der Waals surface area contributed by atoms with Gasteiger partial charge in [-0.1, -0.05) is 12.1 Å². The third kappa shape index (κ3) is 2.94. The normalized spacial score (nSPS) is 17.8. The molecule has 1 fully saturated rings. The van der Waals surface area contributed by atoms with E-state index in [9.17, 15) is 4.39 Å². The van der Waals surface area contributed by atoms with Crippen LogP contribution in [0.15, 0.2) is 18.2 Å². The number of halogens is 2. The van der Waals surface area contributed by atoms with Crippen molar-refractivity contribution in [2.24, 2.45) is 5.92 Å². The fourth-order valence-electron chi connectivity index (χ4n) is 1.86. The Kier molecular flexibility index (Phi) is 3.30. The van der Waals surface area contributed by atoms with E-state index in [4.69, 9.17) is 11.6 Å². The summed E-state index contributed by atoms with van der Waals surface area (Å²) in [6.45, 7) is 1.80. The highest BCUT2D eigenvalue weighted by molar-refractivity contribution is 6.20. The second-order valence-electron chi connectivity index (χ2n) is 4.48. The monoisotopic (exact) mass is 226 g/mol. The first kappa shape index (κ1) is 10.9. The van der Waals surface area contributed by atoms with E-state index in [1.165, 1.54) is 18.4 Å². The van der Waals surface area contributed by atoms with Gasteiger partial charge in [0.05, 0.1) is 0 Å². The Morgan fingerprint density at radius 1 is 1.47 bits per heavy atom. The molecule has 0 aliphatic heterocycles. The molecule has 1 aliphatic carbocycles. The SMILES string of the molecule is Cc1cc(CCC(Cl)C2CC2)ccc1F. The number of rotatable bonds is 4. The standard InChI is InChI=1S/C13H16ClF/c1-9-8-10(3-7-13(9)15)2-6-12(14)11-4-5-11/h3,7-8,11-12H,2,4-6H2,1H3. The van der Waals surface area contributed by atoms with Gasteiger partial charge in [-0.2, -0.15) is 0 Å². The molecule has 1 unspecified atom stereocenters. The zero-order valence-corrected chi connectivity index (χ0v) is 9.73. The van der Waals surface area contributed by atoms with Crippen LogP contribution in [0.4, 0.5) is 4.39 Å². The maximum absolute atomic E-state index is 13.0. The van der Waals surface area contributed by atoms with Crippen molar-refractivity contribution in [3.8, 4) is 0 Å². The van der Waals surface area contributed by atoms with Crippen molar-refractivity contribution >= 4 is 11.6 Å². The molecule has 0 spiro atoms. The highest BCUT2D eigenvalue weighted by atomic mass is 35.5. The van der Waals surface area contributed by atoms with Crippen LogP contribution in [0.3, 0.4) is 0 Å². The van der Waals surface area contributed by atoms with Gasteiger partial charge in [0.25, 0.3) is 0 Å². The minimum Gasteiger partial charge on any atom is -0.207 e. The summed E-state index contributed by atoms with van der Waals surface area (Å²) < 4.78 is 13.0. The Morgan fingerprint density at radius 3 is 2.80 bits per heavy atom. The molecule has 0 amide bonds. The molecule has 1 aliphatic rings. The van der Waals surface area contributed by atoms with Crippen molar-refractivity contribution in [1.82, 2.24) is 0 Å². The van der Waals surface area contributed by atoms with Gasteiger partial charge in [-0.15, -0.1) is 11.6 Å². The average Bonchev–Trinajstić information content (AvgIpc) is 3.03. The molecule has 0 N–H and O–H groups in total. The molecular weight excluding hydrogens is 211 g/mol. The van der Waals surface area contributed by atoms with E-state index >= 15 is 0 Å². The highest BCUT2D eigenvalue weighted by Gasteiger charge is 2.29. The van der Waals surface area contributed by atoms with Gasteiger partial charge < -0.3 is 0 Å². The van der Waals surface area contributed by atoms with Gasteiger partial charge in [-0.05, 0) is 55.7 Å². The third-order valence-electron chi connectivity index (χ3n) is 3.06. The maximum atomic E-state index is 13.0. The van der Waals surface area contributed by atoms with Gasteiger partial charge in [0.15, 0.2) is 0 Å². The Labute approximate surface area is 95.4 Å². The average molecular weight is 227 g/mol. The lowest BCUT2D eigenvalue weighted by atomic mass is 10.0. The Hall–Kier alpha value is -0.560. The molecule has 1 saturated carbocycles. The van der Waals surface area contributed by atoms with E-state index in [0.29, 0.717) is 5.38 Å². The summed E-state index contributed by atoms with van der Waals surface area (Å²) in [6, 6.07) is 5.33. The van der Waals surface area contributed by atoms with E-state index in [1.54, 1.807) is 13.0 Å².